The SMILES string of the molecule is Cl.NC(CNC(=O)CCNS(=O)(=O)c1ccc2c(c1)CCCC2)C1CC1. The smallest absolute Gasteiger partial charge is 0.240 e. The van der Waals surface area contributed by atoms with Crippen molar-refractivity contribution in [3.05, 3.63) is 29.3 Å². The minimum Gasteiger partial charge on any atom is -0.354 e. The van der Waals surface area contributed by atoms with E-state index >= 15 is 0 Å². The number of hydrogen-bond acceptors (Lipinski definition) is 4. The molecule has 0 spiro atoms. The third-order valence-electron chi connectivity index (χ3n) is 5.04. The molecule has 2 aliphatic carbocycles. The summed E-state index contributed by atoms with van der Waals surface area (Å²) in [6.45, 7) is 0.547. The molecule has 0 bridgehead atoms. The molecule has 8 heteroatoms. The lowest BCUT2D eigenvalue weighted by molar-refractivity contribution is -0.121. The summed E-state index contributed by atoms with van der Waals surface area (Å²) in [6, 6.07) is 5.35. The lowest BCUT2D eigenvalue weighted by Gasteiger charge is -2.17. The highest BCUT2D eigenvalue weighted by Crippen LogP contribution is 2.31. The minimum absolute atomic E-state index is 0. The second-order valence-corrected chi connectivity index (χ2v) is 8.86. The van der Waals surface area contributed by atoms with Gasteiger partial charge in [-0.25, -0.2) is 13.1 Å². The third kappa shape index (κ3) is 5.67. The van der Waals surface area contributed by atoms with E-state index in [1.54, 1.807) is 12.1 Å². The summed E-state index contributed by atoms with van der Waals surface area (Å²) in [7, 11) is -3.58. The first-order valence-corrected chi connectivity index (χ1v) is 10.6. The van der Waals surface area contributed by atoms with Gasteiger partial charge in [0.15, 0.2) is 0 Å². The van der Waals surface area contributed by atoms with Crippen LogP contribution in [0.4, 0.5) is 0 Å². The number of benzene rings is 1. The molecule has 1 fully saturated rings. The van der Waals surface area contributed by atoms with Crippen molar-refractivity contribution in [3.63, 3.8) is 0 Å². The molecular weight excluding hydrogens is 374 g/mol. The second-order valence-electron chi connectivity index (χ2n) is 7.09. The fraction of sp³-hybridized carbons (Fsp3) is 0.611. The maximum atomic E-state index is 12.4. The topological polar surface area (TPSA) is 101 Å². The zero-order chi connectivity index (χ0) is 17.9. The Bertz CT molecular complexity index is 735. The molecular formula is C18H28ClN3O3S. The first kappa shape index (κ1) is 21.2. The predicted molar refractivity (Wildman–Crippen MR) is 104 cm³/mol. The van der Waals surface area contributed by atoms with Crippen LogP contribution >= 0.6 is 12.4 Å². The number of hydrogen-bond donors (Lipinski definition) is 3. The van der Waals surface area contributed by atoms with E-state index in [1.807, 2.05) is 6.07 Å². The average molecular weight is 402 g/mol. The highest BCUT2D eigenvalue weighted by Gasteiger charge is 2.28. The van der Waals surface area contributed by atoms with Crippen LogP contribution < -0.4 is 15.8 Å². The zero-order valence-corrected chi connectivity index (χ0v) is 16.5. The molecule has 0 radical (unpaired) electrons. The number of nitrogens with one attached hydrogen (secondary N) is 2. The Labute approximate surface area is 161 Å². The van der Waals surface area contributed by atoms with Crippen molar-refractivity contribution in [3.8, 4) is 0 Å². The van der Waals surface area contributed by atoms with Gasteiger partial charge in [0.1, 0.15) is 0 Å². The number of amides is 1. The molecule has 4 N–H and O–H groups in total. The van der Waals surface area contributed by atoms with Crippen LogP contribution in [0.3, 0.4) is 0 Å². The number of nitrogens with two attached hydrogens (primary N) is 1. The molecule has 2 aliphatic rings. The van der Waals surface area contributed by atoms with E-state index in [2.05, 4.69) is 10.0 Å². The van der Waals surface area contributed by atoms with Crippen molar-refractivity contribution in [1.82, 2.24) is 10.0 Å². The van der Waals surface area contributed by atoms with Gasteiger partial charge in [-0.2, -0.15) is 0 Å². The number of aryl methyl sites for hydroxylation is 2. The Morgan fingerprint density at radius 2 is 1.88 bits per heavy atom. The second kappa shape index (κ2) is 9.17. The van der Waals surface area contributed by atoms with E-state index in [0.29, 0.717) is 12.5 Å². The normalized spacial score (nSPS) is 17.7. The van der Waals surface area contributed by atoms with Gasteiger partial charge in [-0.3, -0.25) is 4.79 Å². The molecule has 6 nitrogen and oxygen atoms in total. The van der Waals surface area contributed by atoms with Gasteiger partial charge in [-0.15, -0.1) is 12.4 Å². The van der Waals surface area contributed by atoms with Crippen molar-refractivity contribution in [2.45, 2.75) is 55.9 Å². The van der Waals surface area contributed by atoms with Crippen LogP contribution in [0.15, 0.2) is 23.1 Å². The lowest BCUT2D eigenvalue weighted by atomic mass is 9.92. The van der Waals surface area contributed by atoms with E-state index in [4.69, 9.17) is 5.73 Å². The largest absolute Gasteiger partial charge is 0.354 e. The molecule has 0 saturated heterocycles. The van der Waals surface area contributed by atoms with Gasteiger partial charge in [0.2, 0.25) is 15.9 Å². The van der Waals surface area contributed by atoms with Gasteiger partial charge in [0.25, 0.3) is 0 Å². The summed E-state index contributed by atoms with van der Waals surface area (Å²) in [5.41, 5.74) is 8.30. The number of sulfonamides is 1. The molecule has 0 heterocycles. The van der Waals surface area contributed by atoms with Crippen LogP contribution in [-0.4, -0.2) is 33.5 Å². The molecule has 26 heavy (non-hydrogen) atoms. The minimum atomic E-state index is -3.58. The summed E-state index contributed by atoms with van der Waals surface area (Å²) in [6.07, 6.45) is 6.61. The molecule has 1 unspecified atom stereocenters. The number of halogens is 1. The maximum absolute atomic E-state index is 12.4. The number of rotatable bonds is 8. The van der Waals surface area contributed by atoms with Crippen LogP contribution in [0.2, 0.25) is 0 Å². The number of carbonyl (C=O) groups excluding carboxylic acids is 1. The fourth-order valence-electron chi connectivity index (χ4n) is 3.27. The number of fused-ring (bicyclic) bond motifs is 1. The van der Waals surface area contributed by atoms with Crippen LogP contribution in [0, 0.1) is 5.92 Å². The van der Waals surface area contributed by atoms with E-state index in [1.165, 1.54) is 5.56 Å². The van der Waals surface area contributed by atoms with Crippen molar-refractivity contribution in [2.75, 3.05) is 13.1 Å². The van der Waals surface area contributed by atoms with Crippen LogP contribution in [0.1, 0.15) is 43.2 Å². The molecule has 0 aliphatic heterocycles. The summed E-state index contributed by atoms with van der Waals surface area (Å²) in [5.74, 6) is 0.354. The van der Waals surface area contributed by atoms with E-state index in [-0.39, 0.29) is 42.2 Å². The van der Waals surface area contributed by atoms with Crippen LogP contribution in [0.5, 0.6) is 0 Å². The van der Waals surface area contributed by atoms with E-state index in [0.717, 1.165) is 44.1 Å². The maximum Gasteiger partial charge on any atom is 0.240 e. The van der Waals surface area contributed by atoms with Crippen LogP contribution in [-0.2, 0) is 27.7 Å². The zero-order valence-electron chi connectivity index (χ0n) is 14.9. The van der Waals surface area contributed by atoms with Crippen molar-refractivity contribution in [1.29, 1.82) is 0 Å². The van der Waals surface area contributed by atoms with Gasteiger partial charge >= 0.3 is 0 Å². The Hall–Kier alpha value is -1.15. The Balaban J connectivity index is 0.00000243. The molecule has 0 aromatic heterocycles. The standard InChI is InChI=1S/C18H27N3O3S.ClH/c19-17(14-5-6-14)12-20-18(22)9-10-21-25(23,24)16-8-7-13-3-1-2-4-15(13)11-16;/h7-8,11,14,17,21H,1-6,9-10,12,19H2,(H,20,22);1H. The number of carbonyl (C=O) groups is 1. The van der Waals surface area contributed by atoms with E-state index < -0.39 is 10.0 Å². The first-order valence-electron chi connectivity index (χ1n) is 9.09. The molecule has 1 amide bonds. The van der Waals surface area contributed by atoms with Gasteiger partial charge in [0.05, 0.1) is 4.90 Å². The highest BCUT2D eigenvalue weighted by atomic mass is 35.5. The van der Waals surface area contributed by atoms with Crippen LogP contribution in [0.25, 0.3) is 0 Å². The van der Waals surface area contributed by atoms with Crippen molar-refractivity contribution < 1.29 is 13.2 Å². The molecule has 3 rings (SSSR count). The van der Waals surface area contributed by atoms with Crippen molar-refractivity contribution in [2.24, 2.45) is 11.7 Å². The van der Waals surface area contributed by atoms with Gasteiger partial charge in [-0.1, -0.05) is 6.07 Å². The summed E-state index contributed by atoms with van der Waals surface area (Å²) < 4.78 is 27.3. The Morgan fingerprint density at radius 1 is 1.19 bits per heavy atom. The average Bonchev–Trinajstić information content (AvgIpc) is 3.44. The third-order valence-corrected chi connectivity index (χ3v) is 6.50. The Kier molecular flexibility index (Phi) is 7.46. The van der Waals surface area contributed by atoms with Gasteiger partial charge in [0, 0.05) is 25.6 Å². The van der Waals surface area contributed by atoms with E-state index in [9.17, 15) is 13.2 Å². The quantitative estimate of drug-likeness (QED) is 0.614. The van der Waals surface area contributed by atoms with Gasteiger partial charge in [-0.05, 0) is 67.7 Å². The Morgan fingerprint density at radius 3 is 2.58 bits per heavy atom. The molecule has 1 aromatic carbocycles. The molecule has 1 aromatic rings. The monoisotopic (exact) mass is 401 g/mol. The highest BCUT2D eigenvalue weighted by molar-refractivity contribution is 7.89. The predicted octanol–water partition coefficient (Wildman–Crippen LogP) is 1.51. The first-order chi connectivity index (χ1) is 12.0. The summed E-state index contributed by atoms with van der Waals surface area (Å²) in [5, 5.41) is 2.77. The molecule has 1 saturated carbocycles. The van der Waals surface area contributed by atoms with Crippen molar-refractivity contribution >= 4 is 28.3 Å². The summed E-state index contributed by atoms with van der Waals surface area (Å²) >= 11 is 0. The molecule has 146 valence electrons. The summed E-state index contributed by atoms with van der Waals surface area (Å²) in [4.78, 5) is 12.1. The fourth-order valence-corrected chi connectivity index (χ4v) is 4.35. The van der Waals surface area contributed by atoms with Gasteiger partial charge < -0.3 is 11.1 Å². The molecule has 1 atom stereocenters. The lowest BCUT2D eigenvalue weighted by Crippen LogP contribution is -2.39.